The van der Waals surface area contributed by atoms with Gasteiger partial charge >= 0.3 is 5.97 Å². The summed E-state index contributed by atoms with van der Waals surface area (Å²) in [5.74, 6) is -0.218. The van der Waals surface area contributed by atoms with Crippen molar-refractivity contribution in [2.75, 3.05) is 12.4 Å². The van der Waals surface area contributed by atoms with Crippen LogP contribution in [-0.4, -0.2) is 39.8 Å². The first-order valence-electron chi connectivity index (χ1n) is 4.28. The molecule has 0 saturated heterocycles. The molecule has 2 unspecified atom stereocenters. The molecule has 0 amide bonds. The minimum Gasteiger partial charge on any atom is -0.480 e. The zero-order valence-electron chi connectivity index (χ0n) is 7.77. The normalized spacial score (nSPS) is 15.3. The molecular weight excluding hydrogens is 190 g/mol. The second kappa shape index (κ2) is 7.17. The van der Waals surface area contributed by atoms with E-state index in [4.69, 9.17) is 15.9 Å². The van der Waals surface area contributed by atoms with Crippen molar-refractivity contribution in [3.63, 3.8) is 0 Å². The molecule has 5 heteroatoms. The molecule has 0 aromatic rings. The highest BCUT2D eigenvalue weighted by atomic mass is 32.2. The van der Waals surface area contributed by atoms with Gasteiger partial charge in [0.25, 0.3) is 0 Å². The Morgan fingerprint density at radius 3 is 2.62 bits per heavy atom. The number of carbonyl (C=O) groups is 1. The average molecular weight is 207 g/mol. The highest BCUT2D eigenvalue weighted by Gasteiger charge is 2.11. The van der Waals surface area contributed by atoms with Gasteiger partial charge in [0.1, 0.15) is 6.04 Å². The van der Waals surface area contributed by atoms with Gasteiger partial charge in [-0.25, -0.2) is 0 Å². The highest BCUT2D eigenvalue weighted by Crippen LogP contribution is 2.14. The molecule has 0 radical (unpaired) electrons. The van der Waals surface area contributed by atoms with E-state index < -0.39 is 12.0 Å². The quantitative estimate of drug-likeness (QED) is 0.559. The molecule has 0 fully saturated rings. The molecular formula is C8H17NO3S. The Balaban J connectivity index is 3.39. The van der Waals surface area contributed by atoms with Crippen LogP contribution in [0.1, 0.15) is 19.8 Å². The smallest absolute Gasteiger partial charge is 0.320 e. The van der Waals surface area contributed by atoms with Crippen molar-refractivity contribution in [3.05, 3.63) is 0 Å². The molecule has 0 aliphatic carbocycles. The van der Waals surface area contributed by atoms with Gasteiger partial charge in [-0.1, -0.05) is 6.92 Å². The predicted octanol–water partition coefficient (Wildman–Crippen LogP) is 0.292. The SMILES string of the molecule is CC(CCO)SCCC(N)C(=O)O. The van der Waals surface area contributed by atoms with E-state index in [1.807, 2.05) is 6.92 Å². The molecule has 4 N–H and O–H groups in total. The van der Waals surface area contributed by atoms with E-state index >= 15 is 0 Å². The Morgan fingerprint density at radius 2 is 2.15 bits per heavy atom. The minimum absolute atomic E-state index is 0.180. The predicted molar refractivity (Wildman–Crippen MR) is 53.9 cm³/mol. The maximum Gasteiger partial charge on any atom is 0.320 e. The van der Waals surface area contributed by atoms with Crippen molar-refractivity contribution in [1.29, 1.82) is 0 Å². The third-order valence-electron chi connectivity index (χ3n) is 1.68. The first-order chi connectivity index (χ1) is 6.07. The van der Waals surface area contributed by atoms with Gasteiger partial charge in [-0.2, -0.15) is 11.8 Å². The first kappa shape index (κ1) is 12.7. The topological polar surface area (TPSA) is 83.5 Å². The molecule has 0 heterocycles. The summed E-state index contributed by atoms with van der Waals surface area (Å²) >= 11 is 1.64. The lowest BCUT2D eigenvalue weighted by atomic mass is 10.2. The maximum absolute atomic E-state index is 10.3. The van der Waals surface area contributed by atoms with Crippen molar-refractivity contribution in [2.24, 2.45) is 5.73 Å². The third-order valence-corrected chi connectivity index (χ3v) is 2.96. The van der Waals surface area contributed by atoms with Crippen LogP contribution in [0.3, 0.4) is 0 Å². The highest BCUT2D eigenvalue weighted by molar-refractivity contribution is 7.99. The second-order valence-electron chi connectivity index (χ2n) is 2.93. The summed E-state index contributed by atoms with van der Waals surface area (Å²) in [7, 11) is 0. The van der Waals surface area contributed by atoms with Crippen LogP contribution in [0.15, 0.2) is 0 Å². The fourth-order valence-electron chi connectivity index (χ4n) is 0.785. The number of aliphatic hydroxyl groups is 1. The number of aliphatic hydroxyl groups excluding tert-OH is 1. The lowest BCUT2D eigenvalue weighted by molar-refractivity contribution is -0.138. The maximum atomic E-state index is 10.3. The summed E-state index contributed by atoms with van der Waals surface area (Å²) in [6, 6.07) is -0.756. The molecule has 0 spiro atoms. The van der Waals surface area contributed by atoms with Crippen LogP contribution in [-0.2, 0) is 4.79 Å². The Morgan fingerprint density at radius 1 is 1.54 bits per heavy atom. The molecule has 0 aliphatic heterocycles. The Labute approximate surface area is 82.5 Å². The molecule has 0 bridgehead atoms. The number of hydrogen-bond acceptors (Lipinski definition) is 4. The number of nitrogens with two attached hydrogens (primary N) is 1. The standard InChI is InChI=1S/C8H17NO3S/c1-6(2-4-10)13-5-3-7(9)8(11)12/h6-7,10H,2-5,9H2,1H3,(H,11,12). The van der Waals surface area contributed by atoms with Gasteiger partial charge in [0.2, 0.25) is 0 Å². The average Bonchev–Trinajstić information content (AvgIpc) is 2.04. The number of rotatable bonds is 7. The molecule has 0 rings (SSSR count). The van der Waals surface area contributed by atoms with Gasteiger partial charge in [0.05, 0.1) is 0 Å². The summed E-state index contributed by atoms with van der Waals surface area (Å²) in [5, 5.41) is 17.4. The van der Waals surface area contributed by atoms with E-state index in [2.05, 4.69) is 0 Å². The Bertz CT molecular complexity index is 154. The van der Waals surface area contributed by atoms with Crippen molar-refractivity contribution in [1.82, 2.24) is 0 Å². The number of aliphatic carboxylic acids is 1. The van der Waals surface area contributed by atoms with E-state index in [0.717, 1.165) is 12.2 Å². The number of carboxylic acid groups (broad SMARTS) is 1. The summed E-state index contributed by atoms with van der Waals surface area (Å²) < 4.78 is 0. The van der Waals surface area contributed by atoms with E-state index in [0.29, 0.717) is 11.7 Å². The molecule has 78 valence electrons. The summed E-state index contributed by atoms with van der Waals surface area (Å²) in [4.78, 5) is 10.3. The van der Waals surface area contributed by atoms with Gasteiger partial charge in [-0.05, 0) is 18.6 Å². The molecule has 0 saturated carbocycles. The van der Waals surface area contributed by atoms with Crippen LogP contribution in [0, 0.1) is 0 Å². The van der Waals surface area contributed by atoms with E-state index in [1.54, 1.807) is 11.8 Å². The van der Waals surface area contributed by atoms with Crippen LogP contribution < -0.4 is 5.73 Å². The summed E-state index contributed by atoms with van der Waals surface area (Å²) in [5.41, 5.74) is 5.31. The van der Waals surface area contributed by atoms with Crippen LogP contribution in [0.2, 0.25) is 0 Å². The van der Waals surface area contributed by atoms with Crippen molar-refractivity contribution >= 4 is 17.7 Å². The van der Waals surface area contributed by atoms with Crippen LogP contribution in [0.5, 0.6) is 0 Å². The summed E-state index contributed by atoms with van der Waals surface area (Å²) in [6.07, 6.45) is 1.22. The van der Waals surface area contributed by atoms with E-state index in [-0.39, 0.29) is 6.61 Å². The van der Waals surface area contributed by atoms with Crippen molar-refractivity contribution in [2.45, 2.75) is 31.1 Å². The van der Waals surface area contributed by atoms with E-state index in [9.17, 15) is 4.79 Å². The zero-order chi connectivity index (χ0) is 10.3. The lowest BCUT2D eigenvalue weighted by Crippen LogP contribution is -2.30. The van der Waals surface area contributed by atoms with Gasteiger partial charge in [0, 0.05) is 11.9 Å². The first-order valence-corrected chi connectivity index (χ1v) is 5.33. The largest absolute Gasteiger partial charge is 0.480 e. The summed E-state index contributed by atoms with van der Waals surface area (Å²) in [6.45, 7) is 2.19. The fraction of sp³-hybridized carbons (Fsp3) is 0.875. The Kier molecular flexibility index (Phi) is 7.03. The monoisotopic (exact) mass is 207 g/mol. The van der Waals surface area contributed by atoms with Crippen LogP contribution in [0.25, 0.3) is 0 Å². The number of hydrogen-bond donors (Lipinski definition) is 3. The molecule has 0 aliphatic rings. The molecule has 0 aromatic carbocycles. The van der Waals surface area contributed by atoms with E-state index in [1.165, 1.54) is 0 Å². The minimum atomic E-state index is -0.949. The molecule has 0 aromatic heterocycles. The van der Waals surface area contributed by atoms with Gasteiger partial charge in [-0.3, -0.25) is 4.79 Å². The van der Waals surface area contributed by atoms with Crippen LogP contribution in [0.4, 0.5) is 0 Å². The molecule has 4 nitrogen and oxygen atoms in total. The fourth-order valence-corrected chi connectivity index (χ4v) is 1.85. The Hall–Kier alpha value is -0.260. The second-order valence-corrected chi connectivity index (χ2v) is 4.47. The lowest BCUT2D eigenvalue weighted by Gasteiger charge is -2.10. The molecule has 2 atom stereocenters. The number of carboxylic acids is 1. The van der Waals surface area contributed by atoms with Crippen LogP contribution >= 0.6 is 11.8 Å². The third kappa shape index (κ3) is 6.86. The molecule has 13 heavy (non-hydrogen) atoms. The van der Waals surface area contributed by atoms with Crippen molar-refractivity contribution in [3.8, 4) is 0 Å². The zero-order valence-corrected chi connectivity index (χ0v) is 8.59. The van der Waals surface area contributed by atoms with Crippen molar-refractivity contribution < 1.29 is 15.0 Å². The van der Waals surface area contributed by atoms with Gasteiger partial charge in [0.15, 0.2) is 0 Å². The van der Waals surface area contributed by atoms with Gasteiger partial charge in [-0.15, -0.1) is 0 Å². The number of thioether (sulfide) groups is 1. The van der Waals surface area contributed by atoms with Gasteiger partial charge < -0.3 is 15.9 Å².